The van der Waals surface area contributed by atoms with Gasteiger partial charge < -0.3 is 14.7 Å². The molecule has 1 saturated heterocycles. The van der Waals surface area contributed by atoms with Gasteiger partial charge in [0.15, 0.2) is 5.69 Å². The highest BCUT2D eigenvalue weighted by Crippen LogP contribution is 2.26. The smallest absolute Gasteiger partial charge is 0.276 e. The van der Waals surface area contributed by atoms with Gasteiger partial charge in [0.25, 0.3) is 5.91 Å². The Bertz CT molecular complexity index is 1000. The van der Waals surface area contributed by atoms with Gasteiger partial charge in [-0.05, 0) is 31.7 Å². The van der Waals surface area contributed by atoms with Crippen LogP contribution in [0, 0.1) is 6.92 Å². The molecule has 1 N–H and O–H groups in total. The molecule has 8 nitrogen and oxygen atoms in total. The molecule has 2 amide bonds. The number of piperidine rings is 1. The molecule has 3 heterocycles. The first-order chi connectivity index (χ1) is 14.6. The minimum Gasteiger partial charge on any atom is -0.361 e. The molecule has 0 spiro atoms. The van der Waals surface area contributed by atoms with E-state index in [1.165, 1.54) is 0 Å². The van der Waals surface area contributed by atoms with Gasteiger partial charge in [0.05, 0.1) is 12.2 Å². The van der Waals surface area contributed by atoms with Crippen LogP contribution in [0.15, 0.2) is 53.2 Å². The van der Waals surface area contributed by atoms with Crippen molar-refractivity contribution in [1.29, 1.82) is 0 Å². The molecule has 0 bridgehead atoms. The lowest BCUT2D eigenvalue weighted by atomic mass is 10.0. The van der Waals surface area contributed by atoms with E-state index < -0.39 is 0 Å². The zero-order valence-electron chi connectivity index (χ0n) is 17.0. The van der Waals surface area contributed by atoms with Gasteiger partial charge in [0.1, 0.15) is 11.6 Å². The van der Waals surface area contributed by atoms with Crippen molar-refractivity contribution in [3.05, 3.63) is 65.7 Å². The molecule has 1 fully saturated rings. The van der Waals surface area contributed by atoms with E-state index >= 15 is 0 Å². The maximum Gasteiger partial charge on any atom is 0.276 e. The molecule has 0 unspecified atom stereocenters. The van der Waals surface area contributed by atoms with Crippen molar-refractivity contribution in [2.45, 2.75) is 38.6 Å². The Morgan fingerprint density at radius 1 is 1.17 bits per heavy atom. The quantitative estimate of drug-likeness (QED) is 0.677. The Kier molecular flexibility index (Phi) is 5.92. The summed E-state index contributed by atoms with van der Waals surface area (Å²) in [6.07, 6.45) is 4.33. The van der Waals surface area contributed by atoms with Gasteiger partial charge in [0.2, 0.25) is 5.91 Å². The van der Waals surface area contributed by atoms with E-state index in [2.05, 4.69) is 15.6 Å². The number of benzene rings is 1. The molecule has 0 atom stereocenters. The lowest BCUT2D eigenvalue weighted by Gasteiger charge is -2.32. The van der Waals surface area contributed by atoms with Crippen molar-refractivity contribution >= 4 is 17.6 Å². The summed E-state index contributed by atoms with van der Waals surface area (Å²) in [5.74, 6) is 1.18. The Morgan fingerprint density at radius 3 is 2.63 bits per heavy atom. The number of rotatable bonds is 6. The van der Waals surface area contributed by atoms with Crippen LogP contribution in [0.5, 0.6) is 0 Å². The number of likely N-dealkylation sites (tertiary alicyclic amines) is 1. The summed E-state index contributed by atoms with van der Waals surface area (Å²) in [5, 5.41) is 11.2. The minimum atomic E-state index is -0.111. The number of hydrogen-bond donors (Lipinski definition) is 1. The number of amides is 2. The molecule has 0 saturated carbocycles. The van der Waals surface area contributed by atoms with Crippen molar-refractivity contribution in [3.8, 4) is 0 Å². The van der Waals surface area contributed by atoms with Crippen LogP contribution in [-0.2, 0) is 11.2 Å². The largest absolute Gasteiger partial charge is 0.361 e. The monoisotopic (exact) mass is 407 g/mol. The van der Waals surface area contributed by atoms with Gasteiger partial charge in [0, 0.05) is 31.6 Å². The SMILES string of the molecule is Cc1cc(C(=O)N2CCC(n3nccc3NC(=O)CCc3ccccc3)CC2)no1. The zero-order chi connectivity index (χ0) is 20.9. The number of anilines is 1. The topological polar surface area (TPSA) is 93.3 Å². The fraction of sp³-hybridized carbons (Fsp3) is 0.364. The van der Waals surface area contributed by atoms with Crippen molar-refractivity contribution < 1.29 is 14.1 Å². The van der Waals surface area contributed by atoms with Crippen LogP contribution in [0.25, 0.3) is 0 Å². The maximum absolute atomic E-state index is 12.5. The molecule has 4 rings (SSSR count). The predicted molar refractivity (Wildman–Crippen MR) is 111 cm³/mol. The van der Waals surface area contributed by atoms with Crippen molar-refractivity contribution in [2.75, 3.05) is 18.4 Å². The normalized spacial score (nSPS) is 14.6. The number of nitrogens with zero attached hydrogens (tertiary/aromatic N) is 4. The Labute approximate surface area is 174 Å². The average molecular weight is 407 g/mol. The van der Waals surface area contributed by atoms with Gasteiger partial charge in [-0.25, -0.2) is 4.68 Å². The van der Waals surface area contributed by atoms with E-state index in [9.17, 15) is 9.59 Å². The van der Waals surface area contributed by atoms with Crippen LogP contribution in [-0.4, -0.2) is 44.7 Å². The second kappa shape index (κ2) is 8.94. The van der Waals surface area contributed by atoms with Crippen LogP contribution in [0.2, 0.25) is 0 Å². The fourth-order valence-corrected chi connectivity index (χ4v) is 3.75. The van der Waals surface area contributed by atoms with Crippen LogP contribution >= 0.6 is 0 Å². The van der Waals surface area contributed by atoms with Gasteiger partial charge in [-0.2, -0.15) is 5.10 Å². The third-order valence-corrected chi connectivity index (χ3v) is 5.37. The van der Waals surface area contributed by atoms with Gasteiger partial charge >= 0.3 is 0 Å². The molecule has 3 aromatic rings. The molecule has 0 aliphatic carbocycles. The minimum absolute atomic E-state index is 0.0328. The third-order valence-electron chi connectivity index (χ3n) is 5.37. The number of carbonyl (C=O) groups excluding carboxylic acids is 2. The highest BCUT2D eigenvalue weighted by molar-refractivity contribution is 5.92. The number of aromatic nitrogens is 3. The fourth-order valence-electron chi connectivity index (χ4n) is 3.75. The molecule has 1 aliphatic rings. The van der Waals surface area contributed by atoms with Crippen LogP contribution < -0.4 is 5.32 Å². The molecule has 30 heavy (non-hydrogen) atoms. The molecule has 156 valence electrons. The Hall–Kier alpha value is -3.42. The second-order valence-corrected chi connectivity index (χ2v) is 7.54. The molecule has 1 aromatic carbocycles. The van der Waals surface area contributed by atoms with E-state index in [4.69, 9.17) is 4.52 Å². The van der Waals surface area contributed by atoms with Crippen LogP contribution in [0.3, 0.4) is 0 Å². The first kappa shape index (κ1) is 19.9. The Balaban J connectivity index is 1.31. The van der Waals surface area contributed by atoms with E-state index in [1.54, 1.807) is 24.1 Å². The van der Waals surface area contributed by atoms with Gasteiger partial charge in [-0.3, -0.25) is 9.59 Å². The molecule has 1 aliphatic heterocycles. The predicted octanol–water partition coefficient (Wildman–Crippen LogP) is 3.23. The van der Waals surface area contributed by atoms with E-state index in [0.29, 0.717) is 43.2 Å². The van der Waals surface area contributed by atoms with Gasteiger partial charge in [-0.15, -0.1) is 0 Å². The first-order valence-electron chi connectivity index (χ1n) is 10.2. The maximum atomic E-state index is 12.5. The zero-order valence-corrected chi connectivity index (χ0v) is 17.0. The summed E-state index contributed by atoms with van der Waals surface area (Å²) < 4.78 is 6.87. The number of aryl methyl sites for hydroxylation is 2. The third kappa shape index (κ3) is 4.59. The lowest BCUT2D eigenvalue weighted by molar-refractivity contribution is -0.116. The molecule has 8 heteroatoms. The molecular weight excluding hydrogens is 382 g/mol. The first-order valence-corrected chi connectivity index (χ1v) is 10.2. The van der Waals surface area contributed by atoms with E-state index in [0.717, 1.165) is 18.4 Å². The molecule has 2 aromatic heterocycles. The second-order valence-electron chi connectivity index (χ2n) is 7.54. The van der Waals surface area contributed by atoms with Crippen LogP contribution in [0.1, 0.15) is 47.1 Å². The number of carbonyl (C=O) groups is 2. The van der Waals surface area contributed by atoms with Crippen molar-refractivity contribution in [2.24, 2.45) is 0 Å². The summed E-state index contributed by atoms with van der Waals surface area (Å²) in [5.41, 5.74) is 1.48. The highest BCUT2D eigenvalue weighted by atomic mass is 16.5. The van der Waals surface area contributed by atoms with Gasteiger partial charge in [-0.1, -0.05) is 35.5 Å². The standard InChI is InChI=1S/C22H25N5O3/c1-16-15-19(25-30-16)22(29)26-13-10-18(11-14-26)27-20(9-12-23-27)24-21(28)8-7-17-5-3-2-4-6-17/h2-6,9,12,15,18H,7-8,10-11,13-14H2,1H3,(H,24,28). The van der Waals surface area contributed by atoms with Crippen molar-refractivity contribution in [3.63, 3.8) is 0 Å². The number of hydrogen-bond acceptors (Lipinski definition) is 5. The molecule has 0 radical (unpaired) electrons. The number of nitrogens with one attached hydrogen (secondary N) is 1. The van der Waals surface area contributed by atoms with Crippen molar-refractivity contribution in [1.82, 2.24) is 19.8 Å². The van der Waals surface area contributed by atoms with E-state index in [-0.39, 0.29) is 17.9 Å². The Morgan fingerprint density at radius 2 is 1.93 bits per heavy atom. The summed E-state index contributed by atoms with van der Waals surface area (Å²) >= 11 is 0. The molecular formula is C22H25N5O3. The highest BCUT2D eigenvalue weighted by Gasteiger charge is 2.27. The summed E-state index contributed by atoms with van der Waals surface area (Å²) in [7, 11) is 0. The summed E-state index contributed by atoms with van der Waals surface area (Å²) in [6.45, 7) is 2.98. The summed E-state index contributed by atoms with van der Waals surface area (Å²) in [6, 6.07) is 13.6. The summed E-state index contributed by atoms with van der Waals surface area (Å²) in [4.78, 5) is 26.7. The average Bonchev–Trinajstić information content (AvgIpc) is 3.41. The van der Waals surface area contributed by atoms with E-state index in [1.807, 2.05) is 41.1 Å². The lowest BCUT2D eigenvalue weighted by Crippen LogP contribution is -2.39. The van der Waals surface area contributed by atoms with Crippen LogP contribution in [0.4, 0.5) is 5.82 Å².